The molecule has 2 N–H and O–H groups in total. The number of nitrogens with one attached hydrogen (secondary N) is 1. The van der Waals surface area contributed by atoms with E-state index in [1.807, 2.05) is 0 Å². The molecule has 0 unspecified atom stereocenters. The molecule has 2 atom stereocenters. The molecule has 3 aromatic carbocycles. The Bertz CT molecular complexity index is 1170. The average Bonchev–Trinajstić information content (AvgIpc) is 2.76. The summed E-state index contributed by atoms with van der Waals surface area (Å²) in [6, 6.07) is 16.3. The maximum absolute atomic E-state index is 13.6. The molecule has 0 amide bonds. The van der Waals surface area contributed by atoms with Gasteiger partial charge in [0.1, 0.15) is 0 Å². The van der Waals surface area contributed by atoms with Crippen molar-refractivity contribution in [3.8, 4) is 11.1 Å². The van der Waals surface area contributed by atoms with Crippen molar-refractivity contribution in [3.05, 3.63) is 86.9 Å². The summed E-state index contributed by atoms with van der Waals surface area (Å²) in [6.45, 7) is 1.10. The van der Waals surface area contributed by atoms with E-state index in [1.54, 1.807) is 60.7 Å². The Labute approximate surface area is 210 Å². The second kappa shape index (κ2) is 10.9. The number of hydrogen-bond donors (Lipinski definition) is 2. The first-order valence-corrected chi connectivity index (χ1v) is 11.5. The van der Waals surface area contributed by atoms with Crippen molar-refractivity contribution in [2.45, 2.75) is 25.4 Å². The summed E-state index contributed by atoms with van der Waals surface area (Å²) in [5.41, 5.74) is 2.60. The molecule has 0 fully saturated rings. The van der Waals surface area contributed by atoms with Gasteiger partial charge >= 0.3 is 12.1 Å². The number of carboxylic acids is 1. The highest BCUT2D eigenvalue weighted by Crippen LogP contribution is 2.39. The fourth-order valence-electron chi connectivity index (χ4n) is 3.73. The highest BCUT2D eigenvalue weighted by atomic mass is 35.5. The molecular formula is C25H21Cl3F3NO2. The third-order valence-corrected chi connectivity index (χ3v) is 6.59. The van der Waals surface area contributed by atoms with Crippen molar-refractivity contribution in [2.24, 2.45) is 5.92 Å². The molecule has 0 spiro atoms. The molecule has 3 nitrogen and oxygen atoms in total. The van der Waals surface area contributed by atoms with Gasteiger partial charge in [-0.3, -0.25) is 4.79 Å². The van der Waals surface area contributed by atoms with Gasteiger partial charge in [0, 0.05) is 22.5 Å². The van der Waals surface area contributed by atoms with E-state index in [-0.39, 0.29) is 13.0 Å². The Morgan fingerprint density at radius 1 is 1.00 bits per heavy atom. The lowest BCUT2D eigenvalue weighted by Crippen LogP contribution is -2.30. The van der Waals surface area contributed by atoms with Gasteiger partial charge in [-0.2, -0.15) is 13.2 Å². The summed E-state index contributed by atoms with van der Waals surface area (Å²) in [6.07, 6.45) is -4.67. The van der Waals surface area contributed by atoms with E-state index in [0.717, 1.165) is 6.92 Å². The molecular weight excluding hydrogens is 510 g/mol. The van der Waals surface area contributed by atoms with E-state index >= 15 is 0 Å². The molecule has 0 aliphatic heterocycles. The van der Waals surface area contributed by atoms with Crippen molar-refractivity contribution in [1.29, 1.82) is 0 Å². The lowest BCUT2D eigenvalue weighted by atomic mass is 9.86. The van der Waals surface area contributed by atoms with Crippen molar-refractivity contribution in [2.75, 3.05) is 11.9 Å². The second-order valence-electron chi connectivity index (χ2n) is 7.90. The highest BCUT2D eigenvalue weighted by molar-refractivity contribution is 6.33. The van der Waals surface area contributed by atoms with Crippen LogP contribution in [-0.2, 0) is 11.2 Å². The van der Waals surface area contributed by atoms with Crippen LogP contribution in [0.25, 0.3) is 11.1 Å². The summed E-state index contributed by atoms with van der Waals surface area (Å²) in [5, 5.41) is 13.4. The predicted octanol–water partition coefficient (Wildman–Crippen LogP) is 8.34. The molecule has 9 heteroatoms. The van der Waals surface area contributed by atoms with Crippen LogP contribution in [0.2, 0.25) is 15.1 Å². The van der Waals surface area contributed by atoms with Gasteiger partial charge in [-0.1, -0.05) is 72.1 Å². The largest absolute Gasteiger partial charge is 0.481 e. The summed E-state index contributed by atoms with van der Waals surface area (Å²) in [4.78, 5) is 11.3. The minimum Gasteiger partial charge on any atom is -0.481 e. The standard InChI is InChI=1S/C25H21Cl3F3NO2/c1-14(25(29,30)31)20(15-5-8-17(26)9-6-15)13-32-23-11-16(7-10-22(23)28)18-3-2-4-21(27)19(18)12-24(33)34/h2-11,14,20,32H,12-13H2,1H3,(H,33,34)/t14-,20+/m1/s1. The zero-order valence-electron chi connectivity index (χ0n) is 18.0. The number of carboxylic acid groups (broad SMARTS) is 1. The maximum atomic E-state index is 13.6. The first-order chi connectivity index (χ1) is 16.0. The predicted molar refractivity (Wildman–Crippen MR) is 131 cm³/mol. The minimum atomic E-state index is -4.40. The Hall–Kier alpha value is -2.41. The van der Waals surface area contributed by atoms with E-state index in [9.17, 15) is 23.1 Å². The van der Waals surface area contributed by atoms with Gasteiger partial charge in [0.15, 0.2) is 0 Å². The third-order valence-electron chi connectivity index (χ3n) is 5.65. The van der Waals surface area contributed by atoms with Crippen molar-refractivity contribution in [3.63, 3.8) is 0 Å². The minimum absolute atomic E-state index is 0.0387. The molecule has 0 aliphatic carbocycles. The first kappa shape index (κ1) is 26.2. The van der Waals surface area contributed by atoms with Gasteiger partial charge in [-0.15, -0.1) is 0 Å². The van der Waals surface area contributed by atoms with Crippen LogP contribution in [-0.4, -0.2) is 23.8 Å². The number of rotatable bonds is 8. The zero-order chi connectivity index (χ0) is 25.0. The molecule has 34 heavy (non-hydrogen) atoms. The second-order valence-corrected chi connectivity index (χ2v) is 9.15. The van der Waals surface area contributed by atoms with Crippen LogP contribution in [0.3, 0.4) is 0 Å². The van der Waals surface area contributed by atoms with Crippen LogP contribution >= 0.6 is 34.8 Å². The number of hydrogen-bond acceptors (Lipinski definition) is 2. The molecule has 0 saturated carbocycles. The fraction of sp³-hybridized carbons (Fsp3) is 0.240. The Morgan fingerprint density at radius 3 is 2.29 bits per heavy atom. The zero-order valence-corrected chi connectivity index (χ0v) is 20.2. The fourth-order valence-corrected chi connectivity index (χ4v) is 4.28. The SMILES string of the molecule is C[C@H]([C@H](CNc1cc(-c2cccc(Cl)c2CC(=O)O)ccc1Cl)c1ccc(Cl)cc1)C(F)(F)F. The monoisotopic (exact) mass is 529 g/mol. The Morgan fingerprint density at radius 2 is 1.68 bits per heavy atom. The molecule has 0 heterocycles. The Balaban J connectivity index is 1.94. The summed E-state index contributed by atoms with van der Waals surface area (Å²) < 4.78 is 40.8. The lowest BCUT2D eigenvalue weighted by Gasteiger charge is -2.27. The smallest absolute Gasteiger partial charge is 0.392 e. The van der Waals surface area contributed by atoms with Gasteiger partial charge < -0.3 is 10.4 Å². The van der Waals surface area contributed by atoms with Gasteiger partial charge in [0.05, 0.1) is 23.0 Å². The summed E-state index contributed by atoms with van der Waals surface area (Å²) in [7, 11) is 0. The molecule has 0 radical (unpaired) electrons. The van der Waals surface area contributed by atoms with E-state index in [2.05, 4.69) is 5.32 Å². The number of alkyl halides is 3. The van der Waals surface area contributed by atoms with Crippen LogP contribution in [0.4, 0.5) is 18.9 Å². The molecule has 0 aliphatic rings. The quantitative estimate of drug-likeness (QED) is 0.308. The molecule has 3 aromatic rings. The van der Waals surface area contributed by atoms with Gasteiger partial charge in [0.2, 0.25) is 0 Å². The molecule has 0 saturated heterocycles. The van der Waals surface area contributed by atoms with Gasteiger partial charge in [0.25, 0.3) is 0 Å². The number of halogens is 6. The van der Waals surface area contributed by atoms with E-state index < -0.39 is 24.0 Å². The number of anilines is 1. The maximum Gasteiger partial charge on any atom is 0.392 e. The number of carbonyl (C=O) groups is 1. The summed E-state index contributed by atoms with van der Waals surface area (Å²) in [5.74, 6) is -3.56. The molecule has 180 valence electrons. The third kappa shape index (κ3) is 6.38. The first-order valence-electron chi connectivity index (χ1n) is 10.3. The van der Waals surface area contributed by atoms with Crippen LogP contribution in [0.15, 0.2) is 60.7 Å². The van der Waals surface area contributed by atoms with Crippen LogP contribution in [0.5, 0.6) is 0 Å². The van der Waals surface area contributed by atoms with Crippen LogP contribution in [0, 0.1) is 5.92 Å². The topological polar surface area (TPSA) is 49.3 Å². The van der Waals surface area contributed by atoms with E-state index in [4.69, 9.17) is 34.8 Å². The average molecular weight is 531 g/mol. The van der Waals surface area contributed by atoms with Gasteiger partial charge in [-0.25, -0.2) is 0 Å². The Kier molecular flexibility index (Phi) is 8.39. The molecule has 0 bridgehead atoms. The normalized spacial score (nSPS) is 13.4. The van der Waals surface area contributed by atoms with Crippen LogP contribution in [0.1, 0.15) is 24.0 Å². The number of benzene rings is 3. The van der Waals surface area contributed by atoms with Gasteiger partial charge in [-0.05, 0) is 52.6 Å². The molecule has 3 rings (SSSR count). The lowest BCUT2D eigenvalue weighted by molar-refractivity contribution is -0.174. The van der Waals surface area contributed by atoms with Crippen molar-refractivity contribution < 1.29 is 23.1 Å². The van der Waals surface area contributed by atoms with E-state index in [1.165, 1.54) is 0 Å². The number of aliphatic carboxylic acids is 1. The van der Waals surface area contributed by atoms with Crippen molar-refractivity contribution >= 4 is 46.5 Å². The highest BCUT2D eigenvalue weighted by Gasteiger charge is 2.41. The van der Waals surface area contributed by atoms with E-state index in [0.29, 0.717) is 43.0 Å². The van der Waals surface area contributed by atoms with Crippen molar-refractivity contribution in [1.82, 2.24) is 0 Å². The summed E-state index contributed by atoms with van der Waals surface area (Å²) >= 11 is 18.5. The molecule has 0 aromatic heterocycles. The van der Waals surface area contributed by atoms with Crippen LogP contribution < -0.4 is 5.32 Å².